The van der Waals surface area contributed by atoms with Gasteiger partial charge in [0.2, 0.25) is 5.91 Å². The number of halogens is 1. The number of aromatic nitrogens is 4. The first kappa shape index (κ1) is 19.6. The van der Waals surface area contributed by atoms with Crippen LogP contribution in [0.5, 0.6) is 0 Å². The Kier molecular flexibility index (Phi) is 5.02. The number of anilines is 2. The first-order valence-electron chi connectivity index (χ1n) is 9.30. The summed E-state index contributed by atoms with van der Waals surface area (Å²) in [6.07, 6.45) is 3.78. The quantitative estimate of drug-likeness (QED) is 0.456. The number of hydroxylamine groups is 2. The maximum atomic E-state index is 12.5. The monoisotopic (exact) mass is 460 g/mol. The zero-order valence-electron chi connectivity index (χ0n) is 16.2. The highest BCUT2D eigenvalue weighted by molar-refractivity contribution is 7.19. The molecule has 3 aromatic heterocycles. The largest absolute Gasteiger partial charge is 0.338 e. The molecule has 1 aliphatic rings. The standard InChI is InChI=1S/C19H17ClN6O2S2/c1-26(28-2)19(27)9-3-4-10-14(5-9)29-18-16(10)17(21-8-22-18)23-12-7-15-13(6-11(12)20)24-25-30-15/h6-9H,3-5H2,1-2H3,(H,21,22,23)/t9-/m0/s1. The van der Waals surface area contributed by atoms with Gasteiger partial charge in [0.15, 0.2) is 0 Å². The average molecular weight is 461 g/mol. The Morgan fingerprint density at radius 2 is 2.23 bits per heavy atom. The van der Waals surface area contributed by atoms with Gasteiger partial charge in [-0.3, -0.25) is 9.63 Å². The summed E-state index contributed by atoms with van der Waals surface area (Å²) in [6, 6.07) is 3.73. The van der Waals surface area contributed by atoms with E-state index in [2.05, 4.69) is 24.9 Å². The van der Waals surface area contributed by atoms with Crippen molar-refractivity contribution in [2.75, 3.05) is 19.5 Å². The molecule has 0 aliphatic heterocycles. The molecule has 3 heterocycles. The van der Waals surface area contributed by atoms with Gasteiger partial charge in [0.05, 0.1) is 27.9 Å². The van der Waals surface area contributed by atoms with Crippen LogP contribution in [0.2, 0.25) is 5.02 Å². The lowest BCUT2D eigenvalue weighted by molar-refractivity contribution is -0.173. The van der Waals surface area contributed by atoms with Crippen LogP contribution in [0.25, 0.3) is 20.4 Å². The van der Waals surface area contributed by atoms with Gasteiger partial charge >= 0.3 is 0 Å². The molecular weight excluding hydrogens is 444 g/mol. The fraction of sp³-hybridized carbons (Fsp3) is 0.316. The van der Waals surface area contributed by atoms with Crippen molar-refractivity contribution in [3.05, 3.63) is 33.9 Å². The summed E-state index contributed by atoms with van der Waals surface area (Å²) in [7, 11) is 3.15. The summed E-state index contributed by atoms with van der Waals surface area (Å²) in [4.78, 5) is 28.6. The highest BCUT2D eigenvalue weighted by atomic mass is 35.5. The van der Waals surface area contributed by atoms with Gasteiger partial charge in [-0.05, 0) is 48.5 Å². The number of nitrogens with one attached hydrogen (secondary N) is 1. The molecule has 0 spiro atoms. The Bertz CT molecular complexity index is 1270. The van der Waals surface area contributed by atoms with Crippen LogP contribution in [0.4, 0.5) is 11.5 Å². The molecular formula is C19H17ClN6O2S2. The third kappa shape index (κ3) is 3.29. The molecule has 5 rings (SSSR count). The predicted molar refractivity (Wildman–Crippen MR) is 118 cm³/mol. The van der Waals surface area contributed by atoms with Crippen molar-refractivity contribution in [2.24, 2.45) is 5.92 Å². The zero-order valence-corrected chi connectivity index (χ0v) is 18.6. The van der Waals surface area contributed by atoms with Gasteiger partial charge in [-0.15, -0.1) is 16.4 Å². The highest BCUT2D eigenvalue weighted by Gasteiger charge is 2.31. The Hall–Kier alpha value is -2.40. The minimum atomic E-state index is -0.0874. The van der Waals surface area contributed by atoms with E-state index in [0.29, 0.717) is 11.4 Å². The van der Waals surface area contributed by atoms with Crippen molar-refractivity contribution in [1.29, 1.82) is 0 Å². The highest BCUT2D eigenvalue weighted by Crippen LogP contribution is 2.41. The van der Waals surface area contributed by atoms with E-state index in [1.807, 2.05) is 6.07 Å². The second-order valence-corrected chi connectivity index (χ2v) is 9.34. The molecule has 0 fully saturated rings. The van der Waals surface area contributed by atoms with E-state index >= 15 is 0 Å². The summed E-state index contributed by atoms with van der Waals surface area (Å²) in [5.41, 5.74) is 2.73. The molecule has 1 atom stereocenters. The topological polar surface area (TPSA) is 93.1 Å². The van der Waals surface area contributed by atoms with Crippen LogP contribution in [-0.2, 0) is 22.5 Å². The van der Waals surface area contributed by atoms with E-state index in [-0.39, 0.29) is 11.8 Å². The number of hydrogen-bond donors (Lipinski definition) is 1. The minimum absolute atomic E-state index is 0.00305. The van der Waals surface area contributed by atoms with Crippen LogP contribution in [0, 0.1) is 5.92 Å². The van der Waals surface area contributed by atoms with E-state index in [1.54, 1.807) is 30.8 Å². The minimum Gasteiger partial charge on any atom is -0.338 e. The number of carbonyl (C=O) groups is 1. The Balaban J connectivity index is 1.51. The van der Waals surface area contributed by atoms with E-state index in [1.165, 1.54) is 34.1 Å². The first-order valence-corrected chi connectivity index (χ1v) is 11.3. The molecule has 0 bridgehead atoms. The summed E-state index contributed by atoms with van der Waals surface area (Å²) < 4.78 is 4.92. The molecule has 0 unspecified atom stereocenters. The maximum absolute atomic E-state index is 12.5. The fourth-order valence-electron chi connectivity index (χ4n) is 3.79. The molecule has 1 amide bonds. The summed E-state index contributed by atoms with van der Waals surface area (Å²) in [5.74, 6) is 0.633. The molecule has 4 aromatic rings. The molecule has 0 saturated carbocycles. The van der Waals surface area contributed by atoms with Gasteiger partial charge < -0.3 is 5.32 Å². The predicted octanol–water partition coefficient (Wildman–Crippen LogP) is 4.22. The van der Waals surface area contributed by atoms with Crippen molar-refractivity contribution in [1.82, 2.24) is 24.6 Å². The third-order valence-electron chi connectivity index (χ3n) is 5.37. The van der Waals surface area contributed by atoms with Crippen molar-refractivity contribution in [3.8, 4) is 0 Å². The van der Waals surface area contributed by atoms with E-state index < -0.39 is 0 Å². The third-order valence-corrected chi connectivity index (χ3v) is 7.53. The van der Waals surface area contributed by atoms with Crippen LogP contribution in [0.1, 0.15) is 16.9 Å². The van der Waals surface area contributed by atoms with Crippen molar-refractivity contribution >= 4 is 72.3 Å². The van der Waals surface area contributed by atoms with Crippen LogP contribution in [-0.4, -0.2) is 44.7 Å². The zero-order chi connectivity index (χ0) is 20.8. The molecule has 0 radical (unpaired) electrons. The number of aryl methyl sites for hydroxylation is 1. The van der Waals surface area contributed by atoms with Gasteiger partial charge in [0.25, 0.3) is 0 Å². The second-order valence-electron chi connectivity index (χ2n) is 7.06. The van der Waals surface area contributed by atoms with Crippen LogP contribution < -0.4 is 5.32 Å². The number of hydrogen-bond acceptors (Lipinski definition) is 9. The van der Waals surface area contributed by atoms with Crippen molar-refractivity contribution < 1.29 is 9.63 Å². The Labute approximate surface area is 185 Å². The molecule has 1 N–H and O–H groups in total. The second kappa shape index (κ2) is 7.69. The summed E-state index contributed by atoms with van der Waals surface area (Å²) in [5, 5.41) is 10.3. The number of amides is 1. The Morgan fingerprint density at radius 3 is 3.07 bits per heavy atom. The number of rotatable bonds is 4. The number of carbonyl (C=O) groups excluding carboxylic acids is 1. The van der Waals surface area contributed by atoms with Gasteiger partial charge in [-0.1, -0.05) is 16.1 Å². The van der Waals surface area contributed by atoms with E-state index in [9.17, 15) is 4.79 Å². The van der Waals surface area contributed by atoms with Crippen LogP contribution in [0.3, 0.4) is 0 Å². The summed E-state index contributed by atoms with van der Waals surface area (Å²) >= 11 is 9.39. The maximum Gasteiger partial charge on any atom is 0.249 e. The van der Waals surface area contributed by atoms with Crippen molar-refractivity contribution in [2.45, 2.75) is 19.3 Å². The molecule has 30 heavy (non-hydrogen) atoms. The molecule has 0 saturated heterocycles. The number of fused-ring (bicyclic) bond motifs is 4. The summed E-state index contributed by atoms with van der Waals surface area (Å²) in [6.45, 7) is 0. The molecule has 1 aliphatic carbocycles. The smallest absolute Gasteiger partial charge is 0.249 e. The van der Waals surface area contributed by atoms with Gasteiger partial charge in [-0.2, -0.15) is 0 Å². The van der Waals surface area contributed by atoms with Gasteiger partial charge in [0, 0.05) is 17.8 Å². The first-order chi connectivity index (χ1) is 14.5. The lowest BCUT2D eigenvalue weighted by Crippen LogP contribution is -2.34. The van der Waals surface area contributed by atoms with Crippen LogP contribution in [0.15, 0.2) is 18.5 Å². The molecule has 8 nitrogen and oxygen atoms in total. The average Bonchev–Trinajstić information content (AvgIpc) is 3.36. The van der Waals surface area contributed by atoms with E-state index in [4.69, 9.17) is 16.4 Å². The number of nitrogens with zero attached hydrogens (tertiary/aromatic N) is 5. The molecule has 11 heteroatoms. The van der Waals surface area contributed by atoms with Crippen molar-refractivity contribution in [3.63, 3.8) is 0 Å². The molecule has 1 aromatic carbocycles. The lowest BCUT2D eigenvalue weighted by Gasteiger charge is -2.25. The van der Waals surface area contributed by atoms with Gasteiger partial charge in [0.1, 0.15) is 22.5 Å². The normalized spacial score (nSPS) is 16.0. The van der Waals surface area contributed by atoms with Crippen LogP contribution >= 0.6 is 34.5 Å². The Morgan fingerprint density at radius 1 is 1.37 bits per heavy atom. The lowest BCUT2D eigenvalue weighted by atomic mass is 9.87. The SMILES string of the molecule is CON(C)C(=O)[C@H]1CCc2c(sc3ncnc(Nc4cc5snnc5cc4Cl)c23)C1. The number of benzene rings is 1. The fourth-order valence-corrected chi connectivity index (χ4v) is 5.84. The number of thiophene rings is 1. The van der Waals surface area contributed by atoms with Gasteiger partial charge in [-0.25, -0.2) is 15.0 Å². The van der Waals surface area contributed by atoms with E-state index in [0.717, 1.165) is 44.8 Å². The molecule has 154 valence electrons.